The van der Waals surface area contributed by atoms with Gasteiger partial charge < -0.3 is 25.0 Å². The Balaban J connectivity index is 1.78. The van der Waals surface area contributed by atoms with Gasteiger partial charge in [0.25, 0.3) is 17.7 Å². The van der Waals surface area contributed by atoms with E-state index in [0.29, 0.717) is 23.7 Å². The molecule has 3 amide bonds. The van der Waals surface area contributed by atoms with Crippen LogP contribution in [0.2, 0.25) is 0 Å². The number of carbonyl (C=O) groups excluding carboxylic acids is 4. The standard InChI is InChI=1S/C21H20BrN3O6S/c1-12-9-13(3-4-14(12)25-7-8-31-11-18(25)27)23-21(29)19(15(10-26)30-2)24-20(28)16-5-6-17(22)32-16/h3-6,9,19H,7-8,11H2,1-2H3,(H,23,29)(H,24,28). The van der Waals surface area contributed by atoms with Crippen molar-refractivity contribution in [2.45, 2.75) is 13.0 Å². The quantitative estimate of drug-likeness (QED) is 0.426. The van der Waals surface area contributed by atoms with Crippen LogP contribution in [0.3, 0.4) is 0 Å². The second-order valence-electron chi connectivity index (χ2n) is 6.77. The Kier molecular flexibility index (Phi) is 7.81. The van der Waals surface area contributed by atoms with Crippen molar-refractivity contribution in [2.75, 3.05) is 37.1 Å². The molecule has 1 aliphatic rings. The molecule has 1 aliphatic heterocycles. The van der Waals surface area contributed by atoms with Crippen LogP contribution in [-0.4, -0.2) is 56.6 Å². The van der Waals surface area contributed by atoms with Gasteiger partial charge in [0.05, 0.1) is 22.4 Å². The molecule has 1 atom stereocenters. The highest BCUT2D eigenvalue weighted by molar-refractivity contribution is 9.11. The van der Waals surface area contributed by atoms with E-state index in [1.807, 2.05) is 6.92 Å². The maximum absolute atomic E-state index is 12.9. The maximum atomic E-state index is 12.9. The normalized spacial score (nSPS) is 14.3. The van der Waals surface area contributed by atoms with Gasteiger partial charge in [0.2, 0.25) is 5.76 Å². The monoisotopic (exact) mass is 521 g/mol. The fraction of sp³-hybridized carbons (Fsp3) is 0.286. The van der Waals surface area contributed by atoms with Gasteiger partial charge in [-0.25, -0.2) is 4.79 Å². The highest BCUT2D eigenvalue weighted by Crippen LogP contribution is 2.25. The molecule has 0 saturated carbocycles. The molecule has 0 radical (unpaired) electrons. The van der Waals surface area contributed by atoms with Gasteiger partial charge in [0, 0.05) is 17.9 Å². The summed E-state index contributed by atoms with van der Waals surface area (Å²) in [5, 5.41) is 5.17. The third kappa shape index (κ3) is 5.43. The van der Waals surface area contributed by atoms with Crippen LogP contribution in [0.5, 0.6) is 0 Å². The average Bonchev–Trinajstić information content (AvgIpc) is 3.21. The fourth-order valence-electron chi connectivity index (χ4n) is 3.13. The molecule has 1 saturated heterocycles. The summed E-state index contributed by atoms with van der Waals surface area (Å²) in [6, 6.07) is 6.96. The van der Waals surface area contributed by atoms with Crippen molar-refractivity contribution in [1.82, 2.24) is 5.32 Å². The van der Waals surface area contributed by atoms with E-state index >= 15 is 0 Å². The summed E-state index contributed by atoms with van der Waals surface area (Å²) >= 11 is 4.46. The summed E-state index contributed by atoms with van der Waals surface area (Å²) in [5.41, 5.74) is 1.91. The average molecular weight is 522 g/mol. The number of benzene rings is 1. The molecule has 11 heteroatoms. The van der Waals surface area contributed by atoms with Crippen LogP contribution in [0.4, 0.5) is 11.4 Å². The van der Waals surface area contributed by atoms with Gasteiger partial charge in [-0.05, 0) is 58.7 Å². The summed E-state index contributed by atoms with van der Waals surface area (Å²) in [7, 11) is 1.21. The molecular weight excluding hydrogens is 502 g/mol. The van der Waals surface area contributed by atoms with Crippen LogP contribution >= 0.6 is 27.3 Å². The molecule has 0 bridgehead atoms. The van der Waals surface area contributed by atoms with Crippen molar-refractivity contribution in [3.05, 3.63) is 50.3 Å². The van der Waals surface area contributed by atoms with E-state index in [2.05, 4.69) is 26.6 Å². The number of hydrogen-bond donors (Lipinski definition) is 2. The topological polar surface area (TPSA) is 114 Å². The first kappa shape index (κ1) is 23.7. The molecule has 9 nitrogen and oxygen atoms in total. The molecule has 1 aromatic carbocycles. The third-order valence-electron chi connectivity index (χ3n) is 4.66. The van der Waals surface area contributed by atoms with Crippen molar-refractivity contribution in [3.8, 4) is 0 Å². The number of halogens is 1. The molecule has 1 aromatic heterocycles. The number of morpholine rings is 1. The molecule has 168 valence electrons. The summed E-state index contributed by atoms with van der Waals surface area (Å²) in [6.07, 6.45) is 0. The number of amides is 3. The first-order valence-electron chi connectivity index (χ1n) is 9.49. The number of thiophene rings is 1. The molecule has 0 aliphatic carbocycles. The summed E-state index contributed by atoms with van der Waals surface area (Å²) in [4.78, 5) is 50.8. The first-order chi connectivity index (χ1) is 15.3. The summed E-state index contributed by atoms with van der Waals surface area (Å²) in [5.74, 6) is -0.161. The van der Waals surface area contributed by atoms with E-state index in [1.165, 1.54) is 18.4 Å². The largest absolute Gasteiger partial charge is 0.488 e. The highest BCUT2D eigenvalue weighted by atomic mass is 79.9. The maximum Gasteiger partial charge on any atom is 0.262 e. The predicted octanol–water partition coefficient (Wildman–Crippen LogP) is 2.28. The fourth-order valence-corrected chi connectivity index (χ4v) is 4.42. The first-order valence-corrected chi connectivity index (χ1v) is 11.1. The van der Waals surface area contributed by atoms with Crippen molar-refractivity contribution in [2.24, 2.45) is 0 Å². The van der Waals surface area contributed by atoms with Crippen molar-refractivity contribution >= 4 is 62.3 Å². The van der Waals surface area contributed by atoms with Crippen molar-refractivity contribution in [3.63, 3.8) is 0 Å². The van der Waals surface area contributed by atoms with Crippen molar-refractivity contribution < 1.29 is 28.7 Å². The van der Waals surface area contributed by atoms with Crippen molar-refractivity contribution in [1.29, 1.82) is 0 Å². The summed E-state index contributed by atoms with van der Waals surface area (Å²) in [6.45, 7) is 2.73. The molecule has 1 unspecified atom stereocenters. The van der Waals surface area contributed by atoms with Gasteiger partial charge in [0.1, 0.15) is 6.61 Å². The molecule has 3 rings (SSSR count). The number of nitrogens with one attached hydrogen (secondary N) is 2. The van der Waals surface area contributed by atoms with Gasteiger partial charge in [-0.15, -0.1) is 11.3 Å². The number of rotatable bonds is 7. The Bertz CT molecular complexity index is 1090. The van der Waals surface area contributed by atoms with Gasteiger partial charge >= 0.3 is 0 Å². The number of carbonyl (C=O) groups is 3. The Hall–Kier alpha value is -2.98. The van der Waals surface area contributed by atoms with Crippen LogP contribution in [0.1, 0.15) is 15.2 Å². The van der Waals surface area contributed by atoms with Crippen LogP contribution in [0, 0.1) is 6.92 Å². The third-order valence-corrected chi connectivity index (χ3v) is 6.28. The minimum atomic E-state index is -1.38. The molecule has 2 N–H and O–H groups in total. The van der Waals surface area contributed by atoms with E-state index in [4.69, 9.17) is 9.47 Å². The van der Waals surface area contributed by atoms with E-state index < -0.39 is 17.9 Å². The number of ether oxygens (including phenoxy) is 2. The van der Waals surface area contributed by atoms with Crippen LogP contribution < -0.4 is 15.5 Å². The lowest BCUT2D eigenvalue weighted by Crippen LogP contribution is -2.45. The Morgan fingerprint density at radius 1 is 1.31 bits per heavy atom. The number of nitrogens with zero attached hydrogens (tertiary/aromatic N) is 1. The minimum absolute atomic E-state index is 0.0257. The zero-order valence-corrected chi connectivity index (χ0v) is 19.7. The number of anilines is 2. The Morgan fingerprint density at radius 3 is 2.69 bits per heavy atom. The molecule has 0 spiro atoms. The second-order valence-corrected chi connectivity index (χ2v) is 9.23. The molecule has 2 heterocycles. The lowest BCUT2D eigenvalue weighted by Gasteiger charge is -2.28. The molecule has 1 fully saturated rings. The highest BCUT2D eigenvalue weighted by Gasteiger charge is 2.29. The lowest BCUT2D eigenvalue weighted by molar-refractivity contribution is -0.125. The van der Waals surface area contributed by atoms with Gasteiger partial charge in [0.15, 0.2) is 12.0 Å². The molecule has 2 aromatic rings. The minimum Gasteiger partial charge on any atom is -0.488 e. The second kappa shape index (κ2) is 10.6. The number of aryl methyl sites for hydroxylation is 1. The smallest absolute Gasteiger partial charge is 0.262 e. The van der Waals surface area contributed by atoms with Gasteiger partial charge in [-0.2, -0.15) is 0 Å². The van der Waals surface area contributed by atoms with E-state index in [9.17, 15) is 19.2 Å². The van der Waals surface area contributed by atoms with E-state index in [-0.39, 0.29) is 18.3 Å². The zero-order chi connectivity index (χ0) is 23.3. The SMILES string of the molecule is COC(=C=O)C(NC(=O)c1ccc(Br)s1)C(=O)Nc1ccc(N2CCOCC2=O)c(C)c1. The lowest BCUT2D eigenvalue weighted by atomic mass is 10.1. The predicted molar refractivity (Wildman–Crippen MR) is 122 cm³/mol. The van der Waals surface area contributed by atoms with E-state index in [0.717, 1.165) is 15.0 Å². The van der Waals surface area contributed by atoms with Gasteiger partial charge in [-0.1, -0.05) is 0 Å². The summed E-state index contributed by atoms with van der Waals surface area (Å²) < 4.78 is 10.9. The van der Waals surface area contributed by atoms with Crippen LogP contribution in [0.15, 0.2) is 39.9 Å². The van der Waals surface area contributed by atoms with Crippen LogP contribution in [-0.2, 0) is 23.9 Å². The van der Waals surface area contributed by atoms with Crippen LogP contribution in [0.25, 0.3) is 0 Å². The molecule has 32 heavy (non-hydrogen) atoms. The number of methoxy groups -OCH3 is 1. The zero-order valence-electron chi connectivity index (χ0n) is 17.3. The van der Waals surface area contributed by atoms with E-state index in [1.54, 1.807) is 41.2 Å². The van der Waals surface area contributed by atoms with Gasteiger partial charge in [-0.3, -0.25) is 14.4 Å². The number of hydrogen-bond acceptors (Lipinski definition) is 7. The Labute approximate surface area is 196 Å². The molecular formula is C21H20BrN3O6S. The Morgan fingerprint density at radius 2 is 2.09 bits per heavy atom.